The number of carboxylic acids is 1. The summed E-state index contributed by atoms with van der Waals surface area (Å²) >= 11 is 0. The molecule has 0 aliphatic heterocycles. The van der Waals surface area contributed by atoms with E-state index < -0.39 is 23.6 Å². The Morgan fingerprint density at radius 2 is 2.00 bits per heavy atom. The lowest BCUT2D eigenvalue weighted by Gasteiger charge is -2.26. The van der Waals surface area contributed by atoms with E-state index >= 15 is 0 Å². The van der Waals surface area contributed by atoms with Crippen LogP contribution in [-0.4, -0.2) is 34.6 Å². The van der Waals surface area contributed by atoms with Crippen molar-refractivity contribution in [3.05, 3.63) is 29.8 Å². The Kier molecular flexibility index (Phi) is 5.42. The molecule has 20 heavy (non-hydrogen) atoms. The molecule has 110 valence electrons. The fraction of sp³-hybridized carbons (Fsp3) is 0.385. The molecule has 0 radical (unpaired) electrons. The van der Waals surface area contributed by atoms with Crippen molar-refractivity contribution in [3.8, 4) is 0 Å². The summed E-state index contributed by atoms with van der Waals surface area (Å²) < 4.78 is 26.5. The molecule has 0 bridgehead atoms. The topological polar surface area (TPSA) is 69.6 Å². The minimum atomic E-state index is -1.15. The number of benzene rings is 1. The maximum Gasteiger partial charge on any atom is 0.322 e. The summed E-state index contributed by atoms with van der Waals surface area (Å²) in [5.41, 5.74) is -0.282. The average molecular weight is 286 g/mol. The summed E-state index contributed by atoms with van der Waals surface area (Å²) in [5, 5.41) is 10.9. The van der Waals surface area contributed by atoms with Crippen molar-refractivity contribution in [1.29, 1.82) is 0 Å². The molecule has 0 aliphatic carbocycles. The number of amides is 2. The first-order chi connectivity index (χ1) is 9.32. The number of nitrogens with zero attached hydrogens (tertiary/aromatic N) is 1. The number of urea groups is 1. The average Bonchev–Trinajstić information content (AvgIpc) is 2.34. The number of hydrogen-bond acceptors (Lipinski definition) is 2. The minimum Gasteiger partial charge on any atom is -0.481 e. The van der Waals surface area contributed by atoms with Crippen LogP contribution in [-0.2, 0) is 4.79 Å². The van der Waals surface area contributed by atoms with E-state index in [0.717, 1.165) is 6.07 Å². The van der Waals surface area contributed by atoms with E-state index in [0.29, 0.717) is 0 Å². The first-order valence-electron chi connectivity index (χ1n) is 6.06. The van der Waals surface area contributed by atoms with Crippen molar-refractivity contribution >= 4 is 17.7 Å². The molecule has 1 aromatic rings. The van der Waals surface area contributed by atoms with E-state index in [9.17, 15) is 18.4 Å². The van der Waals surface area contributed by atoms with Gasteiger partial charge < -0.3 is 15.3 Å². The fourth-order valence-corrected chi connectivity index (χ4v) is 1.60. The van der Waals surface area contributed by atoms with E-state index in [2.05, 4.69) is 5.32 Å². The second kappa shape index (κ2) is 6.83. The van der Waals surface area contributed by atoms with E-state index in [1.165, 1.54) is 17.0 Å². The standard InChI is InChI=1S/C13H16F2N2O3/c1-8(2)17(7-6-11(18)19)13(20)16-10-5-3-4-9(14)12(10)15/h3-5,8H,6-7H2,1-2H3,(H,16,20)(H,18,19). The molecule has 0 aliphatic rings. The van der Waals surface area contributed by atoms with Gasteiger partial charge in [-0.3, -0.25) is 4.79 Å². The lowest BCUT2D eigenvalue weighted by molar-refractivity contribution is -0.137. The molecule has 0 heterocycles. The van der Waals surface area contributed by atoms with Gasteiger partial charge >= 0.3 is 12.0 Å². The normalized spacial score (nSPS) is 10.4. The number of rotatable bonds is 5. The summed E-state index contributed by atoms with van der Waals surface area (Å²) in [6.07, 6.45) is -0.225. The molecule has 0 unspecified atom stereocenters. The van der Waals surface area contributed by atoms with Crippen molar-refractivity contribution in [2.75, 3.05) is 11.9 Å². The molecule has 7 heteroatoms. The van der Waals surface area contributed by atoms with Crippen LogP contribution in [0.3, 0.4) is 0 Å². The van der Waals surface area contributed by atoms with Gasteiger partial charge in [0.1, 0.15) is 0 Å². The van der Waals surface area contributed by atoms with Crippen molar-refractivity contribution < 1.29 is 23.5 Å². The molecule has 0 saturated heterocycles. The lowest BCUT2D eigenvalue weighted by Crippen LogP contribution is -2.41. The number of nitrogens with one attached hydrogen (secondary N) is 1. The quantitative estimate of drug-likeness (QED) is 0.874. The van der Waals surface area contributed by atoms with E-state index in [1.807, 2.05) is 0 Å². The Labute approximate surface area is 115 Å². The van der Waals surface area contributed by atoms with Crippen LogP contribution in [0, 0.1) is 11.6 Å². The third-order valence-electron chi connectivity index (χ3n) is 2.64. The number of carbonyl (C=O) groups is 2. The van der Waals surface area contributed by atoms with Gasteiger partial charge in [0.25, 0.3) is 0 Å². The molecule has 1 rings (SSSR count). The number of halogens is 2. The van der Waals surface area contributed by atoms with Crippen molar-refractivity contribution in [2.24, 2.45) is 0 Å². The predicted molar refractivity (Wildman–Crippen MR) is 69.5 cm³/mol. The highest BCUT2D eigenvalue weighted by Crippen LogP contribution is 2.17. The highest BCUT2D eigenvalue weighted by Gasteiger charge is 2.19. The van der Waals surface area contributed by atoms with Crippen LogP contribution in [0.1, 0.15) is 20.3 Å². The lowest BCUT2D eigenvalue weighted by atomic mass is 10.2. The first kappa shape index (κ1) is 15.9. The van der Waals surface area contributed by atoms with E-state index in [1.54, 1.807) is 13.8 Å². The van der Waals surface area contributed by atoms with Gasteiger partial charge in [0.05, 0.1) is 12.1 Å². The van der Waals surface area contributed by atoms with E-state index in [4.69, 9.17) is 5.11 Å². The number of anilines is 1. The van der Waals surface area contributed by atoms with Crippen LogP contribution in [0.5, 0.6) is 0 Å². The molecule has 0 saturated carbocycles. The monoisotopic (exact) mass is 286 g/mol. The highest BCUT2D eigenvalue weighted by molar-refractivity contribution is 5.89. The van der Waals surface area contributed by atoms with Crippen LogP contribution < -0.4 is 5.32 Å². The maximum atomic E-state index is 13.4. The number of aliphatic carboxylic acids is 1. The highest BCUT2D eigenvalue weighted by atomic mass is 19.2. The Bertz CT molecular complexity index is 506. The second-order valence-electron chi connectivity index (χ2n) is 4.46. The molecule has 0 spiro atoms. The van der Waals surface area contributed by atoms with Crippen molar-refractivity contribution in [3.63, 3.8) is 0 Å². The van der Waals surface area contributed by atoms with Gasteiger partial charge in [-0.05, 0) is 26.0 Å². The van der Waals surface area contributed by atoms with Crippen molar-refractivity contribution in [1.82, 2.24) is 4.90 Å². The van der Waals surface area contributed by atoms with Gasteiger partial charge in [-0.25, -0.2) is 13.6 Å². The van der Waals surface area contributed by atoms with Gasteiger partial charge in [0.2, 0.25) is 0 Å². The van der Waals surface area contributed by atoms with Gasteiger partial charge in [0, 0.05) is 12.6 Å². The Morgan fingerprint density at radius 1 is 1.35 bits per heavy atom. The minimum absolute atomic E-state index is 0.0181. The largest absolute Gasteiger partial charge is 0.481 e. The Morgan fingerprint density at radius 3 is 2.55 bits per heavy atom. The molecular formula is C13H16F2N2O3. The van der Waals surface area contributed by atoms with Crippen LogP contribution in [0.2, 0.25) is 0 Å². The Balaban J connectivity index is 2.80. The SMILES string of the molecule is CC(C)N(CCC(=O)O)C(=O)Nc1cccc(F)c1F. The van der Waals surface area contributed by atoms with Gasteiger partial charge in [-0.15, -0.1) is 0 Å². The predicted octanol–water partition coefficient (Wildman–Crippen LogP) is 2.68. The summed E-state index contributed by atoms with van der Waals surface area (Å²) in [6.45, 7) is 3.38. The van der Waals surface area contributed by atoms with E-state index in [-0.39, 0.29) is 24.7 Å². The molecule has 2 amide bonds. The van der Waals surface area contributed by atoms with Gasteiger partial charge in [-0.1, -0.05) is 6.07 Å². The Hall–Kier alpha value is -2.18. The second-order valence-corrected chi connectivity index (χ2v) is 4.46. The number of hydrogen-bond donors (Lipinski definition) is 2. The zero-order chi connectivity index (χ0) is 15.3. The molecule has 0 atom stereocenters. The first-order valence-corrected chi connectivity index (χ1v) is 6.06. The molecule has 2 N–H and O–H groups in total. The molecule has 1 aromatic carbocycles. The van der Waals surface area contributed by atoms with Crippen LogP contribution in [0.4, 0.5) is 19.3 Å². The van der Waals surface area contributed by atoms with Crippen LogP contribution >= 0.6 is 0 Å². The molecular weight excluding hydrogens is 270 g/mol. The summed E-state index contributed by atoms with van der Waals surface area (Å²) in [5.74, 6) is -3.26. The summed E-state index contributed by atoms with van der Waals surface area (Å²) in [7, 11) is 0. The van der Waals surface area contributed by atoms with Gasteiger partial charge in [0.15, 0.2) is 11.6 Å². The third kappa shape index (κ3) is 4.18. The summed E-state index contributed by atoms with van der Waals surface area (Å²) in [6, 6.07) is 2.49. The zero-order valence-electron chi connectivity index (χ0n) is 11.2. The maximum absolute atomic E-state index is 13.4. The van der Waals surface area contributed by atoms with Crippen LogP contribution in [0.25, 0.3) is 0 Å². The number of carbonyl (C=O) groups excluding carboxylic acids is 1. The van der Waals surface area contributed by atoms with Crippen molar-refractivity contribution in [2.45, 2.75) is 26.3 Å². The fourth-order valence-electron chi connectivity index (χ4n) is 1.60. The molecule has 0 fully saturated rings. The molecule has 5 nitrogen and oxygen atoms in total. The molecule has 0 aromatic heterocycles. The van der Waals surface area contributed by atoms with Crippen LogP contribution in [0.15, 0.2) is 18.2 Å². The zero-order valence-corrected chi connectivity index (χ0v) is 11.2. The number of carboxylic acid groups (broad SMARTS) is 1. The van der Waals surface area contributed by atoms with Gasteiger partial charge in [-0.2, -0.15) is 0 Å². The smallest absolute Gasteiger partial charge is 0.322 e. The summed E-state index contributed by atoms with van der Waals surface area (Å²) in [4.78, 5) is 23.7. The third-order valence-corrected chi connectivity index (χ3v) is 2.64.